The monoisotopic (exact) mass is 263 g/mol. The van der Waals surface area contributed by atoms with Crippen molar-refractivity contribution in [3.05, 3.63) is 0 Å². The summed E-state index contributed by atoms with van der Waals surface area (Å²) in [6, 6.07) is 0. The summed E-state index contributed by atoms with van der Waals surface area (Å²) >= 11 is 0. The van der Waals surface area contributed by atoms with E-state index in [1.165, 1.54) is 8.61 Å². The quantitative estimate of drug-likeness (QED) is 0.666. The Bertz CT molecular complexity index is 418. The summed E-state index contributed by atoms with van der Waals surface area (Å²) in [6.45, 7) is 1.08. The Labute approximate surface area is 100 Å². The van der Waals surface area contributed by atoms with Crippen LogP contribution in [0, 0.1) is 0 Å². The van der Waals surface area contributed by atoms with Gasteiger partial charge >= 0.3 is 5.97 Å². The lowest BCUT2D eigenvalue weighted by atomic mass is 10.0. The zero-order valence-corrected chi connectivity index (χ0v) is 10.3. The van der Waals surface area contributed by atoms with Crippen LogP contribution in [0.15, 0.2) is 0 Å². The topological polar surface area (TPSA) is 104 Å². The molecular formula is C9H17N3O4S. The Morgan fingerprint density at radius 1 is 1.18 bits per heavy atom. The summed E-state index contributed by atoms with van der Waals surface area (Å²) in [5, 5.41) is 8.96. The van der Waals surface area contributed by atoms with Crippen LogP contribution in [0.1, 0.15) is 19.3 Å². The maximum absolute atomic E-state index is 12.1. The highest BCUT2D eigenvalue weighted by Gasteiger charge is 2.46. The zero-order chi connectivity index (χ0) is 12.7. The molecule has 8 heteroatoms. The minimum absolute atomic E-state index is 0.138. The van der Waals surface area contributed by atoms with E-state index in [0.29, 0.717) is 13.1 Å². The van der Waals surface area contributed by atoms with Crippen molar-refractivity contribution in [3.63, 3.8) is 0 Å². The van der Waals surface area contributed by atoms with Crippen LogP contribution in [-0.4, -0.2) is 59.8 Å². The largest absolute Gasteiger partial charge is 0.480 e. The number of aliphatic carboxylic acids is 1. The molecule has 7 nitrogen and oxygen atoms in total. The Hall–Kier alpha value is -0.700. The molecule has 1 unspecified atom stereocenters. The first kappa shape index (κ1) is 12.7. The maximum atomic E-state index is 12.1. The molecule has 3 N–H and O–H groups in total. The number of rotatable bonds is 3. The van der Waals surface area contributed by atoms with Crippen LogP contribution in [0.5, 0.6) is 0 Å². The zero-order valence-electron chi connectivity index (χ0n) is 9.50. The van der Waals surface area contributed by atoms with Gasteiger partial charge < -0.3 is 10.8 Å². The van der Waals surface area contributed by atoms with Crippen LogP contribution in [0.3, 0.4) is 0 Å². The lowest BCUT2D eigenvalue weighted by Gasteiger charge is -2.24. The average molecular weight is 263 g/mol. The Balaban J connectivity index is 2.12. The standard InChI is InChI=1S/C9H17N3O4S/c10-9(8(13)14)3-6-12(7-9)17(15,16)11-4-1-2-5-11/h1-7,10H2,(H,13,14). The molecule has 0 aromatic carbocycles. The molecular weight excluding hydrogens is 246 g/mol. The van der Waals surface area contributed by atoms with E-state index in [2.05, 4.69) is 0 Å². The summed E-state index contributed by atoms with van der Waals surface area (Å²) < 4.78 is 26.9. The molecule has 1 atom stereocenters. The van der Waals surface area contributed by atoms with Gasteiger partial charge in [0.1, 0.15) is 5.54 Å². The molecule has 0 aliphatic carbocycles. The van der Waals surface area contributed by atoms with E-state index in [4.69, 9.17) is 10.8 Å². The maximum Gasteiger partial charge on any atom is 0.325 e. The smallest absolute Gasteiger partial charge is 0.325 e. The molecule has 2 aliphatic rings. The van der Waals surface area contributed by atoms with Crippen LogP contribution < -0.4 is 5.73 Å². The fraction of sp³-hybridized carbons (Fsp3) is 0.889. The van der Waals surface area contributed by atoms with Gasteiger partial charge in [-0.05, 0) is 19.3 Å². The first-order chi connectivity index (χ1) is 7.86. The summed E-state index contributed by atoms with van der Waals surface area (Å²) in [5.74, 6) is -1.14. The van der Waals surface area contributed by atoms with E-state index >= 15 is 0 Å². The van der Waals surface area contributed by atoms with Crippen LogP contribution in [0.25, 0.3) is 0 Å². The second-order valence-corrected chi connectivity index (χ2v) is 6.59. The molecule has 0 saturated carbocycles. The second kappa shape index (κ2) is 4.20. The molecule has 2 heterocycles. The number of carboxylic acids is 1. The van der Waals surface area contributed by atoms with E-state index in [9.17, 15) is 13.2 Å². The van der Waals surface area contributed by atoms with Gasteiger partial charge in [-0.3, -0.25) is 4.79 Å². The Morgan fingerprint density at radius 2 is 1.76 bits per heavy atom. The summed E-state index contributed by atoms with van der Waals surface area (Å²) in [6.07, 6.45) is 1.88. The van der Waals surface area contributed by atoms with Crippen molar-refractivity contribution in [2.45, 2.75) is 24.8 Å². The van der Waals surface area contributed by atoms with Crippen molar-refractivity contribution in [1.29, 1.82) is 0 Å². The highest BCUT2D eigenvalue weighted by Crippen LogP contribution is 2.25. The van der Waals surface area contributed by atoms with Gasteiger partial charge in [0.15, 0.2) is 0 Å². The van der Waals surface area contributed by atoms with Crippen molar-refractivity contribution in [3.8, 4) is 0 Å². The molecule has 2 rings (SSSR count). The van der Waals surface area contributed by atoms with Gasteiger partial charge in [0.2, 0.25) is 0 Å². The predicted octanol–water partition coefficient (Wildman–Crippen LogP) is -1.19. The van der Waals surface area contributed by atoms with E-state index in [0.717, 1.165) is 12.8 Å². The molecule has 0 amide bonds. The molecule has 98 valence electrons. The van der Waals surface area contributed by atoms with E-state index < -0.39 is 21.7 Å². The number of carboxylic acid groups (broad SMARTS) is 1. The molecule has 17 heavy (non-hydrogen) atoms. The molecule has 0 spiro atoms. The predicted molar refractivity (Wildman–Crippen MR) is 60.5 cm³/mol. The lowest BCUT2D eigenvalue weighted by Crippen LogP contribution is -2.52. The van der Waals surface area contributed by atoms with Gasteiger partial charge in [-0.1, -0.05) is 0 Å². The first-order valence-corrected chi connectivity index (χ1v) is 7.03. The second-order valence-electron chi connectivity index (χ2n) is 4.66. The number of carbonyl (C=O) groups is 1. The highest BCUT2D eigenvalue weighted by molar-refractivity contribution is 7.86. The highest BCUT2D eigenvalue weighted by atomic mass is 32.2. The minimum Gasteiger partial charge on any atom is -0.480 e. The van der Waals surface area contributed by atoms with Crippen LogP contribution in [0.2, 0.25) is 0 Å². The van der Waals surface area contributed by atoms with Gasteiger partial charge in [-0.2, -0.15) is 17.0 Å². The molecule has 0 bridgehead atoms. The third-order valence-electron chi connectivity index (χ3n) is 3.41. The molecule has 0 aromatic heterocycles. The average Bonchev–Trinajstić information content (AvgIpc) is 2.86. The van der Waals surface area contributed by atoms with E-state index in [1.54, 1.807) is 0 Å². The first-order valence-electron chi connectivity index (χ1n) is 5.64. The molecule has 2 fully saturated rings. The van der Waals surface area contributed by atoms with Crippen LogP contribution in [-0.2, 0) is 15.0 Å². The SMILES string of the molecule is NC1(C(=O)O)CCN(S(=O)(=O)N2CCCC2)C1. The number of hydrogen-bond acceptors (Lipinski definition) is 4. The fourth-order valence-corrected chi connectivity index (χ4v) is 4.01. The summed E-state index contributed by atoms with van der Waals surface area (Å²) in [7, 11) is -3.52. The lowest BCUT2D eigenvalue weighted by molar-refractivity contribution is -0.142. The Morgan fingerprint density at radius 3 is 2.24 bits per heavy atom. The number of nitrogens with two attached hydrogens (primary N) is 1. The van der Waals surface area contributed by atoms with Gasteiger partial charge in [0.25, 0.3) is 10.2 Å². The summed E-state index contributed by atoms with van der Waals surface area (Å²) in [5.41, 5.74) is 4.23. The minimum atomic E-state index is -3.52. The van der Waals surface area contributed by atoms with Gasteiger partial charge in [-0.15, -0.1) is 0 Å². The molecule has 0 radical (unpaired) electrons. The van der Waals surface area contributed by atoms with E-state index in [-0.39, 0.29) is 19.5 Å². The van der Waals surface area contributed by atoms with Crippen molar-refractivity contribution < 1.29 is 18.3 Å². The van der Waals surface area contributed by atoms with Crippen molar-refractivity contribution >= 4 is 16.2 Å². The normalized spacial score (nSPS) is 32.1. The third kappa shape index (κ3) is 2.17. The summed E-state index contributed by atoms with van der Waals surface area (Å²) in [4.78, 5) is 11.0. The van der Waals surface area contributed by atoms with Gasteiger partial charge in [-0.25, -0.2) is 0 Å². The third-order valence-corrected chi connectivity index (χ3v) is 5.39. The number of nitrogens with zero attached hydrogens (tertiary/aromatic N) is 2. The fourth-order valence-electron chi connectivity index (χ4n) is 2.25. The van der Waals surface area contributed by atoms with Crippen LogP contribution >= 0.6 is 0 Å². The molecule has 2 saturated heterocycles. The van der Waals surface area contributed by atoms with Crippen molar-refractivity contribution in [2.75, 3.05) is 26.2 Å². The van der Waals surface area contributed by atoms with Crippen molar-refractivity contribution in [1.82, 2.24) is 8.61 Å². The van der Waals surface area contributed by atoms with Crippen molar-refractivity contribution in [2.24, 2.45) is 5.73 Å². The molecule has 2 aliphatic heterocycles. The van der Waals surface area contributed by atoms with Gasteiger partial charge in [0, 0.05) is 26.2 Å². The van der Waals surface area contributed by atoms with E-state index in [1.807, 2.05) is 0 Å². The molecule has 0 aromatic rings. The number of hydrogen-bond donors (Lipinski definition) is 2. The van der Waals surface area contributed by atoms with Crippen LogP contribution in [0.4, 0.5) is 0 Å². The Kier molecular flexibility index (Phi) is 3.15. The van der Waals surface area contributed by atoms with Gasteiger partial charge in [0.05, 0.1) is 0 Å².